The predicted octanol–water partition coefficient (Wildman–Crippen LogP) is 4.35. The maximum absolute atomic E-state index is 14.1. The molecule has 0 saturated carbocycles. The highest BCUT2D eigenvalue weighted by Gasteiger charge is 2.20. The standard InChI is InChI=1S/C15H11FO3S2/c1-18-10-5-8(9(16)6-11(10)19-2)15(17)14-7-13-12(21-14)3-4-20-13/h3-7H,1-2H3. The van der Waals surface area contributed by atoms with Gasteiger partial charge in [0.25, 0.3) is 0 Å². The number of hydrogen-bond donors (Lipinski definition) is 0. The van der Waals surface area contributed by atoms with Crippen molar-refractivity contribution in [3.8, 4) is 11.5 Å². The highest BCUT2D eigenvalue weighted by atomic mass is 32.1. The number of ether oxygens (including phenoxy) is 2. The van der Waals surface area contributed by atoms with E-state index in [-0.39, 0.29) is 17.1 Å². The van der Waals surface area contributed by atoms with Crippen LogP contribution in [0, 0.1) is 5.82 Å². The van der Waals surface area contributed by atoms with Crippen LogP contribution >= 0.6 is 22.7 Å². The molecule has 0 atom stereocenters. The van der Waals surface area contributed by atoms with E-state index in [9.17, 15) is 9.18 Å². The molecule has 0 spiro atoms. The molecule has 3 rings (SSSR count). The Morgan fingerprint density at radius 2 is 1.81 bits per heavy atom. The summed E-state index contributed by atoms with van der Waals surface area (Å²) in [5.74, 6) is -0.365. The van der Waals surface area contributed by atoms with E-state index in [0.717, 1.165) is 9.40 Å². The highest BCUT2D eigenvalue weighted by molar-refractivity contribution is 7.28. The molecule has 1 aromatic carbocycles. The van der Waals surface area contributed by atoms with E-state index in [2.05, 4.69) is 0 Å². The van der Waals surface area contributed by atoms with Gasteiger partial charge >= 0.3 is 0 Å². The summed E-state index contributed by atoms with van der Waals surface area (Å²) in [5, 5.41) is 1.96. The van der Waals surface area contributed by atoms with Gasteiger partial charge in [-0.25, -0.2) is 4.39 Å². The first-order valence-electron chi connectivity index (χ1n) is 6.07. The molecule has 3 aromatic rings. The average molecular weight is 322 g/mol. The van der Waals surface area contributed by atoms with Gasteiger partial charge in [0, 0.05) is 15.5 Å². The minimum atomic E-state index is -0.616. The number of carbonyl (C=O) groups excluding carboxylic acids is 1. The summed E-state index contributed by atoms with van der Waals surface area (Å²) >= 11 is 2.92. The molecule has 3 nitrogen and oxygen atoms in total. The molecule has 108 valence electrons. The molecule has 0 radical (unpaired) electrons. The van der Waals surface area contributed by atoms with Gasteiger partial charge in [0.05, 0.1) is 24.7 Å². The number of fused-ring (bicyclic) bond motifs is 1. The van der Waals surface area contributed by atoms with E-state index in [1.54, 1.807) is 17.4 Å². The SMILES string of the molecule is COc1cc(F)c(C(=O)c2cc3sccc3s2)cc1OC. The minimum Gasteiger partial charge on any atom is -0.493 e. The maximum atomic E-state index is 14.1. The van der Waals surface area contributed by atoms with Crippen molar-refractivity contribution in [2.75, 3.05) is 14.2 Å². The lowest BCUT2D eigenvalue weighted by atomic mass is 10.1. The average Bonchev–Trinajstić information content (AvgIpc) is 3.07. The maximum Gasteiger partial charge on any atom is 0.206 e. The van der Waals surface area contributed by atoms with Crippen LogP contribution in [-0.2, 0) is 0 Å². The fourth-order valence-corrected chi connectivity index (χ4v) is 4.10. The fourth-order valence-electron chi connectivity index (χ4n) is 2.04. The van der Waals surface area contributed by atoms with Gasteiger partial charge in [0.2, 0.25) is 5.78 Å². The van der Waals surface area contributed by atoms with Crippen LogP contribution in [0.1, 0.15) is 15.2 Å². The van der Waals surface area contributed by atoms with Gasteiger partial charge in [-0.2, -0.15) is 0 Å². The molecule has 0 fully saturated rings. The van der Waals surface area contributed by atoms with Crippen molar-refractivity contribution in [3.63, 3.8) is 0 Å². The largest absolute Gasteiger partial charge is 0.493 e. The van der Waals surface area contributed by atoms with Crippen LogP contribution < -0.4 is 9.47 Å². The Morgan fingerprint density at radius 3 is 2.48 bits per heavy atom. The van der Waals surface area contributed by atoms with Crippen molar-refractivity contribution >= 4 is 37.9 Å². The van der Waals surface area contributed by atoms with E-state index in [1.807, 2.05) is 11.4 Å². The smallest absolute Gasteiger partial charge is 0.206 e. The van der Waals surface area contributed by atoms with Crippen LogP contribution in [0.3, 0.4) is 0 Å². The summed E-state index contributed by atoms with van der Waals surface area (Å²) in [6, 6.07) is 6.29. The van der Waals surface area contributed by atoms with Crippen molar-refractivity contribution in [1.29, 1.82) is 0 Å². The van der Waals surface area contributed by atoms with E-state index in [4.69, 9.17) is 9.47 Å². The molecule has 0 saturated heterocycles. The number of thiophene rings is 2. The second kappa shape index (κ2) is 5.46. The number of rotatable bonds is 4. The first kappa shape index (κ1) is 14.0. The quantitative estimate of drug-likeness (QED) is 0.670. The van der Waals surface area contributed by atoms with Crippen molar-refractivity contribution in [1.82, 2.24) is 0 Å². The van der Waals surface area contributed by atoms with Gasteiger partial charge in [0.1, 0.15) is 5.82 Å². The second-order valence-electron chi connectivity index (χ2n) is 4.28. The fraction of sp³-hybridized carbons (Fsp3) is 0.133. The predicted molar refractivity (Wildman–Crippen MR) is 82.6 cm³/mol. The topological polar surface area (TPSA) is 35.5 Å². The first-order chi connectivity index (χ1) is 10.1. The molecular weight excluding hydrogens is 311 g/mol. The number of halogens is 1. The van der Waals surface area contributed by atoms with Crippen molar-refractivity contribution in [3.05, 3.63) is 45.9 Å². The first-order valence-corrected chi connectivity index (χ1v) is 7.77. The van der Waals surface area contributed by atoms with Crippen molar-refractivity contribution in [2.24, 2.45) is 0 Å². The molecule has 6 heteroatoms. The Bertz CT molecular complexity index is 791. The van der Waals surface area contributed by atoms with E-state index in [0.29, 0.717) is 10.6 Å². The molecule has 0 bridgehead atoms. The van der Waals surface area contributed by atoms with E-state index < -0.39 is 5.82 Å². The third kappa shape index (κ3) is 2.41. The Balaban J connectivity index is 2.06. The normalized spacial score (nSPS) is 10.8. The van der Waals surface area contributed by atoms with Crippen LogP contribution in [0.25, 0.3) is 9.40 Å². The molecule has 0 N–H and O–H groups in total. The van der Waals surface area contributed by atoms with E-state index in [1.165, 1.54) is 37.7 Å². The molecule has 2 heterocycles. The van der Waals surface area contributed by atoms with Crippen LogP contribution in [-0.4, -0.2) is 20.0 Å². The molecule has 0 unspecified atom stereocenters. The zero-order chi connectivity index (χ0) is 15.0. The lowest BCUT2D eigenvalue weighted by molar-refractivity contribution is 0.103. The molecule has 2 aromatic heterocycles. The van der Waals surface area contributed by atoms with Crippen LogP contribution in [0.4, 0.5) is 4.39 Å². The lowest BCUT2D eigenvalue weighted by Gasteiger charge is -2.09. The van der Waals surface area contributed by atoms with Crippen molar-refractivity contribution in [2.45, 2.75) is 0 Å². The third-order valence-electron chi connectivity index (χ3n) is 3.08. The van der Waals surface area contributed by atoms with Gasteiger partial charge in [-0.05, 0) is 23.6 Å². The van der Waals surface area contributed by atoms with Gasteiger partial charge in [-0.15, -0.1) is 22.7 Å². The number of benzene rings is 1. The number of methoxy groups -OCH3 is 2. The Kier molecular flexibility index (Phi) is 3.65. The molecule has 0 amide bonds. The van der Waals surface area contributed by atoms with Crippen LogP contribution in [0.15, 0.2) is 29.6 Å². The van der Waals surface area contributed by atoms with E-state index >= 15 is 0 Å². The van der Waals surface area contributed by atoms with Crippen LogP contribution in [0.5, 0.6) is 11.5 Å². The third-order valence-corrected chi connectivity index (χ3v) is 5.17. The zero-order valence-corrected chi connectivity index (χ0v) is 12.9. The van der Waals surface area contributed by atoms with Gasteiger partial charge in [0.15, 0.2) is 11.5 Å². The molecule has 0 aliphatic rings. The summed E-state index contributed by atoms with van der Waals surface area (Å²) in [6.07, 6.45) is 0. The molecule has 0 aliphatic heterocycles. The van der Waals surface area contributed by atoms with Gasteiger partial charge in [-0.1, -0.05) is 0 Å². The Morgan fingerprint density at radius 1 is 1.10 bits per heavy atom. The zero-order valence-electron chi connectivity index (χ0n) is 11.3. The summed E-state index contributed by atoms with van der Waals surface area (Å²) in [4.78, 5) is 13.0. The molecular formula is C15H11FO3S2. The number of hydrogen-bond acceptors (Lipinski definition) is 5. The summed E-state index contributed by atoms with van der Waals surface area (Å²) < 4.78 is 26.3. The van der Waals surface area contributed by atoms with Gasteiger partial charge in [-0.3, -0.25) is 4.79 Å². The lowest BCUT2D eigenvalue weighted by Crippen LogP contribution is -2.04. The highest BCUT2D eigenvalue weighted by Crippen LogP contribution is 2.34. The summed E-state index contributed by atoms with van der Waals surface area (Å²) in [5.41, 5.74) is -0.0125. The molecule has 0 aliphatic carbocycles. The Hall–Kier alpha value is -1.92. The number of ketones is 1. The van der Waals surface area contributed by atoms with Gasteiger partial charge < -0.3 is 9.47 Å². The van der Waals surface area contributed by atoms with Crippen LogP contribution in [0.2, 0.25) is 0 Å². The van der Waals surface area contributed by atoms with Crippen molar-refractivity contribution < 1.29 is 18.7 Å². The number of carbonyl (C=O) groups is 1. The second-order valence-corrected chi connectivity index (χ2v) is 6.31. The minimum absolute atomic E-state index is 0.0125. The molecule has 21 heavy (non-hydrogen) atoms. The summed E-state index contributed by atoms with van der Waals surface area (Å²) in [7, 11) is 2.87. The Labute approximate surface area is 128 Å². The monoisotopic (exact) mass is 322 g/mol. The summed E-state index contributed by atoms with van der Waals surface area (Å²) in [6.45, 7) is 0.